The van der Waals surface area contributed by atoms with Gasteiger partial charge in [-0.05, 0) is 63.1 Å². The van der Waals surface area contributed by atoms with E-state index >= 15 is 0 Å². The Bertz CT molecular complexity index is 1030. The average molecular weight is 435 g/mol. The molecule has 2 unspecified atom stereocenters. The number of amides is 1. The van der Waals surface area contributed by atoms with Crippen molar-refractivity contribution in [1.29, 1.82) is 0 Å². The van der Waals surface area contributed by atoms with E-state index < -0.39 is 0 Å². The van der Waals surface area contributed by atoms with Crippen molar-refractivity contribution in [1.82, 2.24) is 20.4 Å². The summed E-state index contributed by atoms with van der Waals surface area (Å²) in [6.45, 7) is 6.24. The molecule has 0 aliphatic carbocycles. The molecule has 2 aromatic carbocycles. The Balaban J connectivity index is 1.33. The molecule has 0 spiro atoms. The van der Waals surface area contributed by atoms with E-state index in [0.29, 0.717) is 24.8 Å². The summed E-state index contributed by atoms with van der Waals surface area (Å²) < 4.78 is 10.7. The van der Waals surface area contributed by atoms with Crippen molar-refractivity contribution in [2.45, 2.75) is 39.3 Å². The molecule has 7 heteroatoms. The van der Waals surface area contributed by atoms with Gasteiger partial charge in [0, 0.05) is 12.1 Å². The third-order valence-electron chi connectivity index (χ3n) is 5.99. The highest BCUT2D eigenvalue weighted by Crippen LogP contribution is 2.23. The average Bonchev–Trinajstić information content (AvgIpc) is 3.28. The number of carbonyl (C=O) groups is 1. The molecule has 1 aliphatic heterocycles. The van der Waals surface area contributed by atoms with Crippen LogP contribution in [0.3, 0.4) is 0 Å². The monoisotopic (exact) mass is 434 g/mol. The minimum Gasteiger partial charge on any atom is -0.497 e. The van der Waals surface area contributed by atoms with Crippen molar-refractivity contribution in [2.24, 2.45) is 5.92 Å². The smallest absolute Gasteiger partial charge is 0.241 e. The number of aryl methyl sites for hydroxylation is 1. The number of ether oxygens (including phenoxy) is 1. The quantitative estimate of drug-likeness (QED) is 0.602. The van der Waals surface area contributed by atoms with Gasteiger partial charge < -0.3 is 14.6 Å². The number of rotatable bonds is 7. The Morgan fingerprint density at radius 3 is 2.69 bits per heavy atom. The maximum Gasteiger partial charge on any atom is 0.241 e. The van der Waals surface area contributed by atoms with Crippen LogP contribution in [0.1, 0.15) is 42.8 Å². The summed E-state index contributed by atoms with van der Waals surface area (Å²) in [6, 6.07) is 15.8. The lowest BCUT2D eigenvalue weighted by Gasteiger charge is -2.31. The summed E-state index contributed by atoms with van der Waals surface area (Å²) in [4.78, 5) is 19.6. The van der Waals surface area contributed by atoms with Gasteiger partial charge in [-0.2, -0.15) is 4.98 Å². The molecule has 1 aromatic heterocycles. The summed E-state index contributed by atoms with van der Waals surface area (Å²) in [5.41, 5.74) is 3.21. The van der Waals surface area contributed by atoms with E-state index in [4.69, 9.17) is 9.26 Å². The summed E-state index contributed by atoms with van der Waals surface area (Å²) >= 11 is 0. The normalized spacial score (nSPS) is 17.7. The Labute approximate surface area is 188 Å². The zero-order valence-electron chi connectivity index (χ0n) is 18.9. The van der Waals surface area contributed by atoms with Crippen LogP contribution in [0, 0.1) is 12.8 Å². The minimum absolute atomic E-state index is 0.0125. The van der Waals surface area contributed by atoms with Gasteiger partial charge in [-0.25, -0.2) is 0 Å². The molecule has 1 aliphatic rings. The number of nitrogens with one attached hydrogen (secondary N) is 1. The molecule has 2 atom stereocenters. The Morgan fingerprint density at radius 2 is 1.97 bits per heavy atom. The van der Waals surface area contributed by atoms with Crippen molar-refractivity contribution in [3.05, 3.63) is 65.5 Å². The maximum absolute atomic E-state index is 12.9. The Morgan fingerprint density at radius 1 is 1.22 bits per heavy atom. The highest BCUT2D eigenvalue weighted by Gasteiger charge is 2.27. The number of piperidine rings is 1. The molecule has 0 bridgehead atoms. The molecule has 2 heterocycles. The van der Waals surface area contributed by atoms with Gasteiger partial charge in [0.2, 0.25) is 17.6 Å². The van der Waals surface area contributed by atoms with Gasteiger partial charge in [0.05, 0.1) is 25.6 Å². The second kappa shape index (κ2) is 9.96. The predicted molar refractivity (Wildman–Crippen MR) is 122 cm³/mol. The molecule has 1 saturated heterocycles. The number of hydrogen-bond acceptors (Lipinski definition) is 6. The molecule has 32 heavy (non-hydrogen) atoms. The number of aromatic nitrogens is 2. The lowest BCUT2D eigenvalue weighted by molar-refractivity contribution is -0.127. The SMILES string of the molecule is COc1ccc(-c2noc(CN3CCCC(C(=O)NC(C)c4ccc(C)cc4)C3)n2)cc1. The molecule has 0 saturated carbocycles. The Kier molecular flexibility index (Phi) is 6.85. The largest absolute Gasteiger partial charge is 0.497 e. The zero-order chi connectivity index (χ0) is 22.5. The molecule has 1 N–H and O–H groups in total. The number of methoxy groups -OCH3 is 1. The van der Waals surface area contributed by atoms with Gasteiger partial charge in [-0.1, -0.05) is 35.0 Å². The first-order valence-electron chi connectivity index (χ1n) is 11.1. The standard InChI is InChI=1S/C25H30N4O3/c1-17-6-8-19(9-7-17)18(2)26-25(30)21-5-4-14-29(15-21)16-23-27-24(28-32-23)20-10-12-22(31-3)13-11-20/h6-13,18,21H,4-5,14-16H2,1-3H3,(H,26,30). The van der Waals surface area contributed by atoms with Crippen molar-refractivity contribution in [2.75, 3.05) is 20.2 Å². The molecule has 1 fully saturated rings. The number of carbonyl (C=O) groups excluding carboxylic acids is 1. The van der Waals surface area contributed by atoms with Crippen LogP contribution in [0.25, 0.3) is 11.4 Å². The lowest BCUT2D eigenvalue weighted by atomic mass is 9.96. The van der Waals surface area contributed by atoms with E-state index in [-0.39, 0.29) is 17.9 Å². The second-order valence-corrected chi connectivity index (χ2v) is 8.46. The molecule has 1 amide bonds. The predicted octanol–water partition coefficient (Wildman–Crippen LogP) is 4.14. The first kappa shape index (κ1) is 22.0. The third kappa shape index (κ3) is 5.34. The Hall–Kier alpha value is -3.19. The maximum atomic E-state index is 12.9. The number of nitrogens with zero attached hydrogens (tertiary/aromatic N) is 3. The van der Waals surface area contributed by atoms with E-state index in [1.165, 1.54) is 5.56 Å². The zero-order valence-corrected chi connectivity index (χ0v) is 18.9. The number of hydrogen-bond donors (Lipinski definition) is 1. The van der Waals surface area contributed by atoms with E-state index in [2.05, 4.69) is 51.5 Å². The summed E-state index contributed by atoms with van der Waals surface area (Å²) in [5, 5.41) is 7.29. The van der Waals surface area contributed by atoms with Gasteiger partial charge in [0.15, 0.2) is 0 Å². The fraction of sp³-hybridized carbons (Fsp3) is 0.400. The van der Waals surface area contributed by atoms with Crippen LogP contribution in [0.4, 0.5) is 0 Å². The molecular formula is C25H30N4O3. The van der Waals surface area contributed by atoms with Crippen LogP contribution in [-0.4, -0.2) is 41.1 Å². The van der Waals surface area contributed by atoms with Crippen molar-refractivity contribution in [3.63, 3.8) is 0 Å². The lowest BCUT2D eigenvalue weighted by Crippen LogP contribution is -2.43. The van der Waals surface area contributed by atoms with Gasteiger partial charge >= 0.3 is 0 Å². The number of benzene rings is 2. The highest BCUT2D eigenvalue weighted by molar-refractivity contribution is 5.79. The molecular weight excluding hydrogens is 404 g/mol. The summed E-state index contributed by atoms with van der Waals surface area (Å²) in [7, 11) is 1.64. The first-order valence-corrected chi connectivity index (χ1v) is 11.1. The van der Waals surface area contributed by atoms with Crippen LogP contribution in [-0.2, 0) is 11.3 Å². The summed E-state index contributed by atoms with van der Waals surface area (Å²) in [6.07, 6.45) is 1.86. The van der Waals surface area contributed by atoms with Crippen LogP contribution in [0.15, 0.2) is 53.1 Å². The van der Waals surface area contributed by atoms with Crippen molar-refractivity contribution < 1.29 is 14.1 Å². The van der Waals surface area contributed by atoms with E-state index in [1.807, 2.05) is 31.2 Å². The molecule has 168 valence electrons. The first-order chi connectivity index (χ1) is 15.5. The number of likely N-dealkylation sites (tertiary alicyclic amines) is 1. The fourth-order valence-corrected chi connectivity index (χ4v) is 4.05. The minimum atomic E-state index is -0.0411. The fourth-order valence-electron chi connectivity index (χ4n) is 4.05. The van der Waals surface area contributed by atoms with E-state index in [1.54, 1.807) is 7.11 Å². The van der Waals surface area contributed by atoms with E-state index in [9.17, 15) is 4.79 Å². The topological polar surface area (TPSA) is 80.5 Å². The van der Waals surface area contributed by atoms with Gasteiger partial charge in [0.1, 0.15) is 5.75 Å². The van der Waals surface area contributed by atoms with Crippen LogP contribution < -0.4 is 10.1 Å². The molecule has 0 radical (unpaired) electrons. The molecule has 4 rings (SSSR count). The van der Waals surface area contributed by atoms with Crippen LogP contribution in [0.2, 0.25) is 0 Å². The van der Waals surface area contributed by atoms with Crippen LogP contribution >= 0.6 is 0 Å². The summed E-state index contributed by atoms with van der Waals surface area (Å²) in [5.74, 6) is 1.96. The van der Waals surface area contributed by atoms with E-state index in [0.717, 1.165) is 36.3 Å². The van der Waals surface area contributed by atoms with Crippen LogP contribution in [0.5, 0.6) is 5.75 Å². The van der Waals surface area contributed by atoms with Crippen molar-refractivity contribution in [3.8, 4) is 17.1 Å². The second-order valence-electron chi connectivity index (χ2n) is 8.46. The molecule has 3 aromatic rings. The van der Waals surface area contributed by atoms with Crippen molar-refractivity contribution >= 4 is 5.91 Å². The van der Waals surface area contributed by atoms with Gasteiger partial charge in [0.25, 0.3) is 0 Å². The van der Waals surface area contributed by atoms with Gasteiger partial charge in [-0.3, -0.25) is 9.69 Å². The third-order valence-corrected chi connectivity index (χ3v) is 5.99. The highest BCUT2D eigenvalue weighted by atomic mass is 16.5. The van der Waals surface area contributed by atoms with Gasteiger partial charge in [-0.15, -0.1) is 0 Å². The molecule has 7 nitrogen and oxygen atoms in total.